The summed E-state index contributed by atoms with van der Waals surface area (Å²) in [6, 6.07) is 54.7. The van der Waals surface area contributed by atoms with Crippen molar-refractivity contribution < 1.29 is 0 Å². The summed E-state index contributed by atoms with van der Waals surface area (Å²) in [6.07, 6.45) is 2.34. The third kappa shape index (κ3) is 3.35. The second-order valence-corrected chi connectivity index (χ2v) is 16.2. The quantitative estimate of drug-likeness (QED) is 0.176. The van der Waals surface area contributed by atoms with Crippen LogP contribution in [0.3, 0.4) is 0 Å². The molecule has 2 heterocycles. The van der Waals surface area contributed by atoms with Gasteiger partial charge in [0.1, 0.15) is 0 Å². The van der Waals surface area contributed by atoms with Gasteiger partial charge in [-0.2, -0.15) is 0 Å². The molecule has 11 rings (SSSR count). The summed E-state index contributed by atoms with van der Waals surface area (Å²) < 4.78 is 0. The van der Waals surface area contributed by atoms with Crippen LogP contribution in [0, 0.1) is 0 Å². The smallest absolute Gasteiger partial charge is 0.0528 e. The number of nitrogens with zero attached hydrogens (tertiary/aromatic N) is 2. The van der Waals surface area contributed by atoms with E-state index in [0.717, 1.165) is 0 Å². The fourth-order valence-corrected chi connectivity index (χ4v) is 10.7. The van der Waals surface area contributed by atoms with Crippen LogP contribution in [0.1, 0.15) is 51.7 Å². The zero-order valence-electron chi connectivity index (χ0n) is 29.2. The van der Waals surface area contributed by atoms with Crippen LogP contribution in [-0.2, 0) is 10.8 Å². The van der Waals surface area contributed by atoms with Crippen molar-refractivity contribution in [1.82, 2.24) is 0 Å². The molecule has 4 atom stereocenters. The number of fused-ring (bicyclic) bond motifs is 8. The maximum atomic E-state index is 2.60. The van der Waals surface area contributed by atoms with Crippen LogP contribution < -0.4 is 9.80 Å². The molecule has 0 N–H and O–H groups in total. The SMILES string of the molecule is CC12CC1(C)N(c1ccccc1)c1ccc(-c3c4ccccc4c(-c4ccc5c(c4)C4(C)CC4(C)N5c4ccccc4)c4ccccc34)cc12. The molecule has 2 fully saturated rings. The predicted molar refractivity (Wildman–Crippen MR) is 210 cm³/mol. The number of hydrogen-bond acceptors (Lipinski definition) is 2. The van der Waals surface area contributed by atoms with E-state index >= 15 is 0 Å². The maximum absolute atomic E-state index is 2.60. The predicted octanol–water partition coefficient (Wildman–Crippen LogP) is 12.5. The van der Waals surface area contributed by atoms with Gasteiger partial charge >= 0.3 is 0 Å². The van der Waals surface area contributed by atoms with Gasteiger partial charge in [0, 0.05) is 33.6 Å². The topological polar surface area (TPSA) is 6.48 Å². The van der Waals surface area contributed by atoms with Crippen molar-refractivity contribution in [3.8, 4) is 22.3 Å². The molecular formula is C48H40N2. The van der Waals surface area contributed by atoms with Gasteiger partial charge in [-0.05, 0) is 130 Å². The van der Waals surface area contributed by atoms with Crippen LogP contribution in [-0.4, -0.2) is 11.1 Å². The number of anilines is 4. The lowest BCUT2D eigenvalue weighted by Crippen LogP contribution is -2.30. The summed E-state index contributed by atoms with van der Waals surface area (Å²) in [5.41, 5.74) is 14.0. The van der Waals surface area contributed by atoms with Crippen molar-refractivity contribution in [2.75, 3.05) is 9.80 Å². The van der Waals surface area contributed by atoms with Gasteiger partial charge < -0.3 is 9.80 Å². The van der Waals surface area contributed by atoms with E-state index in [4.69, 9.17) is 0 Å². The summed E-state index contributed by atoms with van der Waals surface area (Å²) in [5.74, 6) is 0. The van der Waals surface area contributed by atoms with E-state index in [1.54, 1.807) is 0 Å². The van der Waals surface area contributed by atoms with Crippen LogP contribution in [0.5, 0.6) is 0 Å². The minimum atomic E-state index is 0.0984. The molecule has 50 heavy (non-hydrogen) atoms. The maximum Gasteiger partial charge on any atom is 0.0528 e. The molecule has 7 aromatic rings. The highest BCUT2D eigenvalue weighted by atomic mass is 15.3. The van der Waals surface area contributed by atoms with Crippen molar-refractivity contribution in [2.45, 2.75) is 62.4 Å². The first kappa shape index (κ1) is 28.5. The van der Waals surface area contributed by atoms with Gasteiger partial charge in [-0.25, -0.2) is 0 Å². The molecule has 2 aliphatic carbocycles. The number of para-hydroxylation sites is 2. The van der Waals surface area contributed by atoms with E-state index in [1.165, 1.54) is 90.5 Å². The molecule has 2 heteroatoms. The summed E-state index contributed by atoms with van der Waals surface area (Å²) in [7, 11) is 0. The zero-order chi connectivity index (χ0) is 33.6. The van der Waals surface area contributed by atoms with Gasteiger partial charge in [-0.1, -0.05) is 111 Å². The largest absolute Gasteiger partial charge is 0.334 e. The van der Waals surface area contributed by atoms with E-state index in [9.17, 15) is 0 Å². The third-order valence-electron chi connectivity index (χ3n) is 13.7. The van der Waals surface area contributed by atoms with Crippen molar-refractivity contribution in [3.63, 3.8) is 0 Å². The van der Waals surface area contributed by atoms with Gasteiger partial charge in [0.25, 0.3) is 0 Å². The molecule has 0 aromatic heterocycles. The Kier molecular flexibility index (Phi) is 5.27. The fourth-order valence-electron chi connectivity index (χ4n) is 10.7. The summed E-state index contributed by atoms with van der Waals surface area (Å²) in [5, 5.41) is 5.27. The number of rotatable bonds is 4. The number of hydrogen-bond donors (Lipinski definition) is 0. The normalized spacial score (nSPS) is 26.9. The molecule has 4 aliphatic rings. The summed E-state index contributed by atoms with van der Waals surface area (Å²) in [6.45, 7) is 9.82. The minimum Gasteiger partial charge on any atom is -0.334 e. The van der Waals surface area contributed by atoms with E-state index < -0.39 is 0 Å². The second kappa shape index (κ2) is 9.25. The zero-order valence-corrected chi connectivity index (χ0v) is 29.2. The summed E-state index contributed by atoms with van der Waals surface area (Å²) in [4.78, 5) is 5.20. The average Bonchev–Trinajstić information content (AvgIpc) is 3.88. The first-order valence-electron chi connectivity index (χ1n) is 18.2. The molecule has 0 bridgehead atoms. The van der Waals surface area contributed by atoms with Crippen LogP contribution in [0.2, 0.25) is 0 Å². The second-order valence-electron chi connectivity index (χ2n) is 16.2. The van der Waals surface area contributed by atoms with Crippen molar-refractivity contribution >= 4 is 44.3 Å². The highest BCUT2D eigenvalue weighted by Gasteiger charge is 2.71. The molecular weight excluding hydrogens is 605 g/mol. The molecule has 0 radical (unpaired) electrons. The third-order valence-corrected chi connectivity index (χ3v) is 13.7. The van der Waals surface area contributed by atoms with Crippen molar-refractivity contribution in [2.24, 2.45) is 0 Å². The number of benzene rings is 7. The van der Waals surface area contributed by atoms with E-state index in [0.29, 0.717) is 0 Å². The van der Waals surface area contributed by atoms with Crippen molar-refractivity contribution in [1.29, 1.82) is 0 Å². The molecule has 7 aromatic carbocycles. The lowest BCUT2D eigenvalue weighted by Gasteiger charge is -2.29. The lowest BCUT2D eigenvalue weighted by molar-refractivity contribution is 0.639. The van der Waals surface area contributed by atoms with Gasteiger partial charge in [0.2, 0.25) is 0 Å². The van der Waals surface area contributed by atoms with Crippen LogP contribution >= 0.6 is 0 Å². The van der Waals surface area contributed by atoms with Crippen molar-refractivity contribution in [3.05, 3.63) is 157 Å². The Morgan fingerprint density at radius 2 is 0.740 bits per heavy atom. The molecule has 0 amide bonds. The Hall–Kier alpha value is -5.34. The van der Waals surface area contributed by atoms with Gasteiger partial charge in [0.15, 0.2) is 0 Å². The highest BCUT2D eigenvalue weighted by Crippen LogP contribution is 2.72. The first-order valence-corrected chi connectivity index (χ1v) is 18.2. The molecule has 2 saturated carbocycles. The first-order chi connectivity index (χ1) is 24.3. The van der Waals surface area contributed by atoms with Crippen LogP contribution in [0.15, 0.2) is 146 Å². The van der Waals surface area contributed by atoms with E-state index in [2.05, 4.69) is 183 Å². The van der Waals surface area contributed by atoms with Gasteiger partial charge in [0.05, 0.1) is 11.1 Å². The molecule has 2 nitrogen and oxygen atoms in total. The molecule has 0 spiro atoms. The molecule has 2 aliphatic heterocycles. The van der Waals surface area contributed by atoms with E-state index in [-0.39, 0.29) is 21.9 Å². The monoisotopic (exact) mass is 644 g/mol. The Morgan fingerprint density at radius 3 is 1.10 bits per heavy atom. The summed E-state index contributed by atoms with van der Waals surface area (Å²) >= 11 is 0. The minimum absolute atomic E-state index is 0.0984. The van der Waals surface area contributed by atoms with Gasteiger partial charge in [-0.3, -0.25) is 0 Å². The van der Waals surface area contributed by atoms with E-state index in [1.807, 2.05) is 0 Å². The molecule has 242 valence electrons. The average molecular weight is 645 g/mol. The Bertz CT molecular complexity index is 2340. The highest BCUT2D eigenvalue weighted by molar-refractivity contribution is 6.21. The standard InChI is InChI=1S/C48H40N2/c1-45-29-47(45,3)49(33-15-7-5-8-16-33)41-25-23-31(27-39(41)45)43-35-19-11-13-21-37(35)44(38-22-14-12-20-36(38)43)32-24-26-42-40(28-32)46(2)30-48(46,4)50(42)34-17-9-6-10-18-34/h5-28H,29-30H2,1-4H3. The Morgan fingerprint density at radius 1 is 0.400 bits per heavy atom. The van der Waals surface area contributed by atoms with Crippen LogP contribution in [0.4, 0.5) is 22.7 Å². The Balaban J connectivity index is 1.11. The fraction of sp³-hybridized carbons (Fsp3) is 0.208. The molecule has 0 saturated heterocycles. The Labute approximate surface area is 294 Å². The lowest BCUT2D eigenvalue weighted by atomic mass is 9.83. The molecule has 4 unspecified atom stereocenters. The van der Waals surface area contributed by atoms with Gasteiger partial charge in [-0.15, -0.1) is 0 Å². The van der Waals surface area contributed by atoms with Crippen LogP contribution in [0.25, 0.3) is 43.8 Å².